The Labute approximate surface area is 142 Å². The van der Waals surface area contributed by atoms with Crippen LogP contribution in [0.5, 0.6) is 0 Å². The molecule has 0 unspecified atom stereocenters. The number of nitrogens with one attached hydrogen (secondary N) is 1. The molecule has 124 valence electrons. The highest BCUT2D eigenvalue weighted by Gasteiger charge is 2.24. The number of pyridine rings is 1. The summed E-state index contributed by atoms with van der Waals surface area (Å²) in [6.07, 6.45) is 3.71. The van der Waals surface area contributed by atoms with Gasteiger partial charge in [0.05, 0.1) is 19.3 Å². The van der Waals surface area contributed by atoms with Crippen LogP contribution < -0.4 is 5.32 Å². The van der Waals surface area contributed by atoms with E-state index in [0.29, 0.717) is 12.1 Å². The Morgan fingerprint density at radius 3 is 2.61 bits per heavy atom. The molecule has 0 aliphatic carbocycles. The number of morpholine rings is 1. The van der Waals surface area contributed by atoms with Crippen molar-refractivity contribution in [3.63, 3.8) is 0 Å². The van der Waals surface area contributed by atoms with Crippen molar-refractivity contribution in [1.29, 1.82) is 0 Å². The van der Waals surface area contributed by atoms with Crippen molar-refractivity contribution in [2.24, 2.45) is 0 Å². The minimum Gasteiger partial charge on any atom is -0.379 e. The average Bonchev–Trinajstić information content (AvgIpc) is 3.03. The summed E-state index contributed by atoms with van der Waals surface area (Å²) in [5.41, 5.74) is 1.28. The fourth-order valence-corrected chi connectivity index (χ4v) is 4.00. The number of ether oxygens (including phenoxy) is 1. The molecule has 1 fully saturated rings. The molecular formula is C18H25N3OS. The molecule has 1 aliphatic rings. The molecule has 2 aromatic rings. The van der Waals surface area contributed by atoms with Gasteiger partial charge in [-0.3, -0.25) is 9.88 Å². The third-order valence-corrected chi connectivity index (χ3v) is 5.50. The Kier molecular flexibility index (Phi) is 5.78. The van der Waals surface area contributed by atoms with Gasteiger partial charge in [0.1, 0.15) is 0 Å². The van der Waals surface area contributed by atoms with Crippen molar-refractivity contribution in [3.05, 3.63) is 52.0 Å². The summed E-state index contributed by atoms with van der Waals surface area (Å²) in [7, 11) is 0. The van der Waals surface area contributed by atoms with E-state index in [0.717, 1.165) is 32.8 Å². The van der Waals surface area contributed by atoms with E-state index in [1.807, 2.05) is 23.7 Å². The van der Waals surface area contributed by atoms with Gasteiger partial charge in [-0.2, -0.15) is 0 Å². The molecule has 2 aromatic heterocycles. The summed E-state index contributed by atoms with van der Waals surface area (Å²) in [6, 6.07) is 9.40. The zero-order valence-electron chi connectivity index (χ0n) is 13.9. The molecule has 0 saturated carbocycles. The molecule has 5 heteroatoms. The molecule has 0 amide bonds. The van der Waals surface area contributed by atoms with Gasteiger partial charge >= 0.3 is 0 Å². The number of hydrogen-bond acceptors (Lipinski definition) is 5. The number of aromatic nitrogens is 1. The van der Waals surface area contributed by atoms with Crippen LogP contribution in [0.25, 0.3) is 0 Å². The molecule has 0 bridgehead atoms. The first-order valence-electron chi connectivity index (χ1n) is 8.25. The van der Waals surface area contributed by atoms with Crippen LogP contribution in [0.3, 0.4) is 0 Å². The lowest BCUT2D eigenvalue weighted by Crippen LogP contribution is -2.42. The molecule has 4 nitrogen and oxygen atoms in total. The summed E-state index contributed by atoms with van der Waals surface area (Å²) in [5, 5.41) is 3.70. The van der Waals surface area contributed by atoms with Gasteiger partial charge in [-0.1, -0.05) is 0 Å². The Hall–Kier alpha value is -1.27. The monoisotopic (exact) mass is 331 g/mol. The Morgan fingerprint density at radius 1 is 1.22 bits per heavy atom. The topological polar surface area (TPSA) is 37.4 Å². The largest absolute Gasteiger partial charge is 0.379 e. The number of nitrogens with zero attached hydrogens (tertiary/aromatic N) is 2. The maximum Gasteiger partial charge on any atom is 0.0594 e. The van der Waals surface area contributed by atoms with Crippen molar-refractivity contribution < 1.29 is 4.74 Å². The molecule has 3 rings (SSSR count). The molecule has 1 aliphatic heterocycles. The van der Waals surface area contributed by atoms with Crippen molar-refractivity contribution in [1.82, 2.24) is 15.2 Å². The highest BCUT2D eigenvalue weighted by atomic mass is 32.1. The highest BCUT2D eigenvalue weighted by molar-refractivity contribution is 7.12. The van der Waals surface area contributed by atoms with Crippen molar-refractivity contribution in [3.8, 4) is 0 Å². The van der Waals surface area contributed by atoms with E-state index in [1.165, 1.54) is 15.3 Å². The molecule has 2 atom stereocenters. The van der Waals surface area contributed by atoms with Crippen LogP contribution in [0.2, 0.25) is 0 Å². The van der Waals surface area contributed by atoms with Crippen LogP contribution in [0.4, 0.5) is 0 Å². The summed E-state index contributed by atoms with van der Waals surface area (Å²) in [6.45, 7) is 9.02. The lowest BCUT2D eigenvalue weighted by molar-refractivity contribution is 0.0164. The SMILES string of the molecule is Cc1ccc([C@@H](CN[C@@H](C)c2ccncc2)N2CCOCC2)s1. The molecule has 1 N–H and O–H groups in total. The number of aryl methyl sites for hydroxylation is 1. The highest BCUT2D eigenvalue weighted by Crippen LogP contribution is 2.28. The fraction of sp³-hybridized carbons (Fsp3) is 0.500. The lowest BCUT2D eigenvalue weighted by atomic mass is 10.1. The summed E-state index contributed by atoms with van der Waals surface area (Å²) in [5.74, 6) is 0. The molecule has 0 spiro atoms. The van der Waals surface area contributed by atoms with Gasteiger partial charge in [-0.05, 0) is 43.7 Å². The first-order valence-corrected chi connectivity index (χ1v) is 9.07. The minimum atomic E-state index is 0.322. The molecule has 23 heavy (non-hydrogen) atoms. The first-order chi connectivity index (χ1) is 11.2. The van der Waals surface area contributed by atoms with Crippen LogP contribution in [0.1, 0.15) is 34.3 Å². The minimum absolute atomic E-state index is 0.322. The fourth-order valence-electron chi connectivity index (χ4n) is 2.99. The lowest BCUT2D eigenvalue weighted by Gasteiger charge is -2.34. The third-order valence-electron chi connectivity index (χ3n) is 4.40. The molecule has 1 saturated heterocycles. The van der Waals surface area contributed by atoms with E-state index in [2.05, 4.69) is 53.3 Å². The van der Waals surface area contributed by atoms with Crippen LogP contribution in [0.15, 0.2) is 36.7 Å². The molecule has 3 heterocycles. The van der Waals surface area contributed by atoms with Gasteiger partial charge in [0.15, 0.2) is 0 Å². The van der Waals surface area contributed by atoms with E-state index >= 15 is 0 Å². The normalized spacial score (nSPS) is 18.7. The third kappa shape index (κ3) is 4.38. The van der Waals surface area contributed by atoms with Gasteiger partial charge in [0.25, 0.3) is 0 Å². The number of thiophene rings is 1. The predicted molar refractivity (Wildman–Crippen MR) is 94.8 cm³/mol. The maximum absolute atomic E-state index is 5.52. The predicted octanol–water partition coefficient (Wildman–Crippen LogP) is 3.18. The summed E-state index contributed by atoms with van der Waals surface area (Å²) >= 11 is 1.90. The van der Waals surface area contributed by atoms with Gasteiger partial charge in [-0.25, -0.2) is 0 Å². The Balaban J connectivity index is 1.68. The molecule has 0 radical (unpaired) electrons. The van der Waals surface area contributed by atoms with Gasteiger partial charge in [-0.15, -0.1) is 11.3 Å². The number of rotatable bonds is 6. The molecular weight excluding hydrogens is 306 g/mol. The van der Waals surface area contributed by atoms with Crippen molar-refractivity contribution in [2.45, 2.75) is 25.9 Å². The van der Waals surface area contributed by atoms with Crippen LogP contribution in [-0.4, -0.2) is 42.7 Å². The zero-order valence-corrected chi connectivity index (χ0v) is 14.7. The summed E-state index contributed by atoms with van der Waals surface area (Å²) < 4.78 is 5.52. The number of hydrogen-bond donors (Lipinski definition) is 1. The maximum atomic E-state index is 5.52. The van der Waals surface area contributed by atoms with Gasteiger partial charge < -0.3 is 10.1 Å². The van der Waals surface area contributed by atoms with E-state index in [9.17, 15) is 0 Å². The first kappa shape index (κ1) is 16.6. The quantitative estimate of drug-likeness (QED) is 0.882. The van der Waals surface area contributed by atoms with E-state index < -0.39 is 0 Å². The second-order valence-electron chi connectivity index (χ2n) is 6.02. The summed E-state index contributed by atoms with van der Waals surface area (Å²) in [4.78, 5) is 9.46. The Bertz CT molecular complexity index is 595. The standard InChI is InChI=1S/C18H25N3OS/c1-14-3-4-18(23-14)17(21-9-11-22-12-10-21)13-20-15(2)16-5-7-19-8-6-16/h3-8,15,17,20H,9-13H2,1-2H3/t15-,17+/m0/s1. The van der Waals surface area contributed by atoms with Crippen molar-refractivity contribution >= 4 is 11.3 Å². The van der Waals surface area contributed by atoms with Crippen LogP contribution in [-0.2, 0) is 4.74 Å². The van der Waals surface area contributed by atoms with Gasteiger partial charge in [0.2, 0.25) is 0 Å². The van der Waals surface area contributed by atoms with Crippen molar-refractivity contribution in [2.75, 3.05) is 32.8 Å². The zero-order chi connectivity index (χ0) is 16.1. The van der Waals surface area contributed by atoms with E-state index in [1.54, 1.807) is 0 Å². The second kappa shape index (κ2) is 8.02. The smallest absolute Gasteiger partial charge is 0.0594 e. The molecule has 0 aromatic carbocycles. The van der Waals surface area contributed by atoms with E-state index in [-0.39, 0.29) is 0 Å². The second-order valence-corrected chi connectivity index (χ2v) is 7.34. The van der Waals surface area contributed by atoms with Crippen LogP contribution >= 0.6 is 11.3 Å². The van der Waals surface area contributed by atoms with Gasteiger partial charge in [0, 0.05) is 47.8 Å². The average molecular weight is 331 g/mol. The van der Waals surface area contributed by atoms with Crippen LogP contribution in [0, 0.1) is 6.92 Å². The Morgan fingerprint density at radius 2 is 1.96 bits per heavy atom. The van der Waals surface area contributed by atoms with E-state index in [4.69, 9.17) is 4.74 Å².